The van der Waals surface area contributed by atoms with Crippen molar-refractivity contribution in [3.63, 3.8) is 0 Å². The number of hydrogen-bond donors (Lipinski definition) is 1. The molecular formula is C21H25NO2. The van der Waals surface area contributed by atoms with Gasteiger partial charge in [0.2, 0.25) is 5.91 Å². The molecule has 1 N–H and O–H groups in total. The summed E-state index contributed by atoms with van der Waals surface area (Å²) in [6, 6.07) is 8.09. The summed E-state index contributed by atoms with van der Waals surface area (Å²) in [6.45, 7) is 3.54. The van der Waals surface area contributed by atoms with Crippen molar-refractivity contribution in [2.45, 2.75) is 44.6 Å². The van der Waals surface area contributed by atoms with Crippen molar-refractivity contribution in [1.29, 1.82) is 0 Å². The van der Waals surface area contributed by atoms with E-state index in [0.717, 1.165) is 44.2 Å². The van der Waals surface area contributed by atoms with Crippen molar-refractivity contribution in [3.8, 4) is 11.8 Å². The molecule has 126 valence electrons. The van der Waals surface area contributed by atoms with E-state index >= 15 is 0 Å². The molecule has 1 aromatic rings. The van der Waals surface area contributed by atoms with Gasteiger partial charge in [0.15, 0.2) is 0 Å². The number of rotatable bonds is 1. The molecule has 1 amide bonds. The molecule has 0 spiro atoms. The number of benzene rings is 1. The van der Waals surface area contributed by atoms with Gasteiger partial charge >= 0.3 is 0 Å². The molecule has 3 heteroatoms. The molecular weight excluding hydrogens is 298 g/mol. The van der Waals surface area contributed by atoms with Crippen molar-refractivity contribution in [2.24, 2.45) is 17.8 Å². The molecule has 24 heavy (non-hydrogen) atoms. The number of likely N-dealkylation sites (tertiary alicyclic amines) is 1. The average molecular weight is 323 g/mol. The SMILES string of the molecule is Cc1cccc(C#CC2(O)CCCC3CN(C(=O)C4CC4)CC32)c1. The lowest BCUT2D eigenvalue weighted by Crippen LogP contribution is -2.44. The van der Waals surface area contributed by atoms with E-state index in [0.29, 0.717) is 18.4 Å². The van der Waals surface area contributed by atoms with Gasteiger partial charge in [0.25, 0.3) is 0 Å². The fourth-order valence-electron chi connectivity index (χ4n) is 4.35. The Kier molecular flexibility index (Phi) is 3.89. The van der Waals surface area contributed by atoms with Crippen LogP contribution >= 0.6 is 0 Å². The van der Waals surface area contributed by atoms with Gasteiger partial charge in [-0.05, 0) is 62.6 Å². The minimum atomic E-state index is -0.953. The maximum Gasteiger partial charge on any atom is 0.225 e. The highest BCUT2D eigenvalue weighted by Crippen LogP contribution is 2.44. The molecule has 0 radical (unpaired) electrons. The van der Waals surface area contributed by atoms with Gasteiger partial charge in [0.05, 0.1) is 0 Å². The molecule has 0 aromatic heterocycles. The molecule has 3 aliphatic rings. The van der Waals surface area contributed by atoms with E-state index in [-0.39, 0.29) is 11.8 Å². The molecule has 1 saturated heterocycles. The zero-order chi connectivity index (χ0) is 16.7. The number of nitrogens with zero attached hydrogens (tertiary/aromatic N) is 1. The van der Waals surface area contributed by atoms with Crippen LogP contribution in [0, 0.1) is 36.5 Å². The highest BCUT2D eigenvalue weighted by atomic mass is 16.3. The highest BCUT2D eigenvalue weighted by molar-refractivity contribution is 5.81. The summed E-state index contributed by atoms with van der Waals surface area (Å²) in [4.78, 5) is 14.4. The van der Waals surface area contributed by atoms with E-state index in [2.05, 4.69) is 24.8 Å². The van der Waals surface area contributed by atoms with Gasteiger partial charge in [-0.1, -0.05) is 24.0 Å². The summed E-state index contributed by atoms with van der Waals surface area (Å²) in [6.07, 6.45) is 4.90. The van der Waals surface area contributed by atoms with Gasteiger partial charge in [-0.2, -0.15) is 0 Å². The maximum absolute atomic E-state index is 12.4. The normalized spacial score (nSPS) is 32.0. The van der Waals surface area contributed by atoms with Gasteiger partial charge < -0.3 is 10.0 Å². The first-order chi connectivity index (χ1) is 11.5. The fourth-order valence-corrected chi connectivity index (χ4v) is 4.35. The molecule has 1 aromatic carbocycles. The Hall–Kier alpha value is -1.79. The molecule has 2 aliphatic carbocycles. The molecule has 3 nitrogen and oxygen atoms in total. The first kappa shape index (κ1) is 15.7. The first-order valence-electron chi connectivity index (χ1n) is 9.16. The first-order valence-corrected chi connectivity index (χ1v) is 9.16. The smallest absolute Gasteiger partial charge is 0.225 e. The van der Waals surface area contributed by atoms with Crippen LogP contribution in [-0.4, -0.2) is 34.6 Å². The van der Waals surface area contributed by atoms with Gasteiger partial charge in [0, 0.05) is 30.5 Å². The number of aliphatic hydroxyl groups is 1. The van der Waals surface area contributed by atoms with E-state index in [9.17, 15) is 9.90 Å². The van der Waals surface area contributed by atoms with Crippen LogP contribution in [0.4, 0.5) is 0 Å². The predicted octanol–water partition coefficient (Wildman–Crippen LogP) is 2.75. The lowest BCUT2D eigenvalue weighted by Gasteiger charge is -2.37. The minimum absolute atomic E-state index is 0.103. The van der Waals surface area contributed by atoms with Crippen molar-refractivity contribution in [2.75, 3.05) is 13.1 Å². The summed E-state index contributed by atoms with van der Waals surface area (Å²) in [5.74, 6) is 7.44. The fraction of sp³-hybridized carbons (Fsp3) is 0.571. The molecule has 3 fully saturated rings. The van der Waals surface area contributed by atoms with Crippen LogP contribution < -0.4 is 0 Å². The Morgan fingerprint density at radius 1 is 1.29 bits per heavy atom. The van der Waals surface area contributed by atoms with Crippen LogP contribution in [0.5, 0.6) is 0 Å². The van der Waals surface area contributed by atoms with Gasteiger partial charge in [0.1, 0.15) is 5.60 Å². The van der Waals surface area contributed by atoms with Crippen LogP contribution in [0.2, 0.25) is 0 Å². The average Bonchev–Trinajstić information content (AvgIpc) is 3.31. The van der Waals surface area contributed by atoms with E-state index < -0.39 is 5.60 Å². The van der Waals surface area contributed by atoms with E-state index in [1.165, 1.54) is 5.56 Å². The standard InChI is InChI=1S/C21H25NO2/c1-15-4-2-5-16(12-15)9-11-21(24)10-3-6-18-13-22(14-19(18)21)20(23)17-7-8-17/h2,4-5,12,17-19,24H,3,6-8,10,13-14H2,1H3. The molecule has 1 heterocycles. The summed E-state index contributed by atoms with van der Waals surface area (Å²) in [5.41, 5.74) is 1.18. The van der Waals surface area contributed by atoms with E-state index in [1.54, 1.807) is 0 Å². The van der Waals surface area contributed by atoms with E-state index in [1.807, 2.05) is 23.1 Å². The number of carbonyl (C=O) groups is 1. The Morgan fingerprint density at radius 2 is 2.12 bits per heavy atom. The Labute approximate surface area is 144 Å². The molecule has 3 unspecified atom stereocenters. The van der Waals surface area contributed by atoms with Gasteiger partial charge in [-0.3, -0.25) is 4.79 Å². The number of hydrogen-bond acceptors (Lipinski definition) is 2. The number of carbonyl (C=O) groups excluding carboxylic acids is 1. The summed E-state index contributed by atoms with van der Waals surface area (Å²) in [5, 5.41) is 11.2. The third-order valence-electron chi connectivity index (χ3n) is 5.87. The molecule has 2 saturated carbocycles. The Balaban J connectivity index is 1.54. The Bertz CT molecular complexity index is 712. The second kappa shape index (κ2) is 5.93. The second-order valence-corrected chi connectivity index (χ2v) is 7.82. The number of amides is 1. The monoisotopic (exact) mass is 323 g/mol. The molecule has 0 bridgehead atoms. The molecule has 3 atom stereocenters. The van der Waals surface area contributed by atoms with Crippen LogP contribution in [0.25, 0.3) is 0 Å². The van der Waals surface area contributed by atoms with Crippen LogP contribution in [0.3, 0.4) is 0 Å². The second-order valence-electron chi connectivity index (χ2n) is 7.82. The third kappa shape index (κ3) is 2.96. The summed E-state index contributed by atoms with van der Waals surface area (Å²) in [7, 11) is 0. The zero-order valence-electron chi connectivity index (χ0n) is 14.3. The van der Waals surface area contributed by atoms with E-state index in [4.69, 9.17) is 0 Å². The van der Waals surface area contributed by atoms with Crippen molar-refractivity contribution in [3.05, 3.63) is 35.4 Å². The Morgan fingerprint density at radius 3 is 2.88 bits per heavy atom. The van der Waals surface area contributed by atoms with Crippen LogP contribution in [0.1, 0.15) is 43.2 Å². The maximum atomic E-state index is 12.4. The lowest BCUT2D eigenvalue weighted by atomic mass is 9.71. The van der Waals surface area contributed by atoms with Crippen molar-refractivity contribution in [1.82, 2.24) is 4.90 Å². The summed E-state index contributed by atoms with van der Waals surface area (Å²) < 4.78 is 0. The molecule has 1 aliphatic heterocycles. The third-order valence-corrected chi connectivity index (χ3v) is 5.87. The van der Waals surface area contributed by atoms with Crippen LogP contribution in [0.15, 0.2) is 24.3 Å². The van der Waals surface area contributed by atoms with Crippen LogP contribution in [-0.2, 0) is 4.79 Å². The number of fused-ring (bicyclic) bond motifs is 1. The van der Waals surface area contributed by atoms with Crippen molar-refractivity contribution >= 4 is 5.91 Å². The lowest BCUT2D eigenvalue weighted by molar-refractivity contribution is -0.131. The molecule has 4 rings (SSSR count). The highest BCUT2D eigenvalue weighted by Gasteiger charge is 2.50. The number of aryl methyl sites for hydroxylation is 1. The van der Waals surface area contributed by atoms with Gasteiger partial charge in [-0.25, -0.2) is 0 Å². The van der Waals surface area contributed by atoms with Gasteiger partial charge in [-0.15, -0.1) is 0 Å². The predicted molar refractivity (Wildman–Crippen MR) is 93.1 cm³/mol. The zero-order valence-corrected chi connectivity index (χ0v) is 14.3. The topological polar surface area (TPSA) is 40.5 Å². The van der Waals surface area contributed by atoms with Crippen molar-refractivity contribution < 1.29 is 9.90 Å². The summed E-state index contributed by atoms with van der Waals surface area (Å²) >= 11 is 0. The largest absolute Gasteiger partial charge is 0.377 e. The quantitative estimate of drug-likeness (QED) is 0.807. The minimum Gasteiger partial charge on any atom is -0.377 e.